The van der Waals surface area contributed by atoms with E-state index in [1.165, 1.54) is 16.4 Å². The van der Waals surface area contributed by atoms with Gasteiger partial charge in [0.25, 0.3) is 0 Å². The Morgan fingerprint density at radius 2 is 2.09 bits per heavy atom. The maximum Gasteiger partial charge on any atom is 0.237 e. The molecule has 7 nitrogen and oxygen atoms in total. The largest absolute Gasteiger partial charge is 0.494 e. The second-order valence-electron chi connectivity index (χ2n) is 4.61. The van der Waals surface area contributed by atoms with Gasteiger partial charge in [-0.05, 0) is 45.0 Å². The number of nitrogens with zero attached hydrogens (tertiary/aromatic N) is 3. The number of carbonyl (C=O) groups excluding carboxylic acids is 1. The van der Waals surface area contributed by atoms with Crippen molar-refractivity contribution in [1.82, 2.24) is 14.9 Å². The predicted molar refractivity (Wildman–Crippen MR) is 86.5 cm³/mol. The number of ether oxygens (including phenoxy) is 1. The summed E-state index contributed by atoms with van der Waals surface area (Å²) in [6, 6.07) is 7.24. The Morgan fingerprint density at radius 3 is 2.64 bits per heavy atom. The summed E-state index contributed by atoms with van der Waals surface area (Å²) in [4.78, 5) is 12.2. The summed E-state index contributed by atoms with van der Waals surface area (Å²) in [5.41, 5.74) is 0.714. The lowest BCUT2D eigenvalue weighted by molar-refractivity contribution is -0.115. The molecule has 0 spiro atoms. The van der Waals surface area contributed by atoms with Crippen molar-refractivity contribution in [2.45, 2.75) is 31.2 Å². The van der Waals surface area contributed by atoms with Gasteiger partial charge in [-0.2, -0.15) is 0 Å². The van der Waals surface area contributed by atoms with Crippen molar-refractivity contribution < 1.29 is 9.53 Å². The van der Waals surface area contributed by atoms with Crippen LogP contribution in [0.15, 0.2) is 29.4 Å². The quantitative estimate of drug-likeness (QED) is 0.622. The van der Waals surface area contributed by atoms with E-state index in [0.29, 0.717) is 23.3 Å². The number of nitrogens with two attached hydrogens (primary N) is 1. The van der Waals surface area contributed by atoms with Crippen molar-refractivity contribution in [2.75, 3.05) is 17.8 Å². The molecule has 0 radical (unpaired) electrons. The standard InChI is InChI=1S/C14H19N5O2S/c1-4-21-12-7-5-11(6-8-12)16-13(20)9(2)22-14-18-17-10(3)19(14)15/h5-9H,4,15H2,1-3H3,(H,16,20). The molecule has 22 heavy (non-hydrogen) atoms. The van der Waals surface area contributed by atoms with E-state index in [4.69, 9.17) is 10.6 Å². The van der Waals surface area contributed by atoms with Crippen LogP contribution in [0.2, 0.25) is 0 Å². The molecule has 2 aromatic rings. The zero-order chi connectivity index (χ0) is 16.1. The van der Waals surface area contributed by atoms with Crippen LogP contribution >= 0.6 is 11.8 Å². The Balaban J connectivity index is 1.94. The van der Waals surface area contributed by atoms with Crippen LogP contribution in [0.3, 0.4) is 0 Å². The Bertz CT molecular complexity index is 641. The molecule has 0 aliphatic carbocycles. The van der Waals surface area contributed by atoms with Gasteiger partial charge < -0.3 is 15.9 Å². The molecule has 8 heteroatoms. The van der Waals surface area contributed by atoms with Crippen molar-refractivity contribution >= 4 is 23.4 Å². The monoisotopic (exact) mass is 321 g/mol. The average molecular weight is 321 g/mol. The number of benzene rings is 1. The number of aryl methyl sites for hydroxylation is 1. The third kappa shape index (κ3) is 3.91. The van der Waals surface area contributed by atoms with Crippen LogP contribution in [0.1, 0.15) is 19.7 Å². The molecule has 2 rings (SSSR count). The molecule has 1 atom stereocenters. The highest BCUT2D eigenvalue weighted by molar-refractivity contribution is 8.00. The van der Waals surface area contributed by atoms with Gasteiger partial charge in [0.2, 0.25) is 11.1 Å². The second-order valence-corrected chi connectivity index (χ2v) is 5.91. The first-order valence-corrected chi connectivity index (χ1v) is 7.76. The van der Waals surface area contributed by atoms with Crippen molar-refractivity contribution in [2.24, 2.45) is 0 Å². The summed E-state index contributed by atoms with van der Waals surface area (Å²) in [5, 5.41) is 10.8. The topological polar surface area (TPSA) is 95.1 Å². The molecule has 1 aromatic carbocycles. The molecule has 1 heterocycles. The van der Waals surface area contributed by atoms with Crippen LogP contribution in [0.4, 0.5) is 5.69 Å². The normalized spacial score (nSPS) is 12.0. The molecule has 0 aliphatic rings. The summed E-state index contributed by atoms with van der Waals surface area (Å²) in [6.45, 7) is 6.07. The van der Waals surface area contributed by atoms with Crippen molar-refractivity contribution in [3.05, 3.63) is 30.1 Å². The fraction of sp³-hybridized carbons (Fsp3) is 0.357. The number of thioether (sulfide) groups is 1. The van der Waals surface area contributed by atoms with Gasteiger partial charge in [0.05, 0.1) is 11.9 Å². The number of hydrogen-bond donors (Lipinski definition) is 2. The van der Waals surface area contributed by atoms with Gasteiger partial charge >= 0.3 is 0 Å². The summed E-state index contributed by atoms with van der Waals surface area (Å²) >= 11 is 1.26. The van der Waals surface area contributed by atoms with Crippen molar-refractivity contribution in [1.29, 1.82) is 0 Å². The molecule has 1 amide bonds. The Labute approximate surface area is 133 Å². The summed E-state index contributed by atoms with van der Waals surface area (Å²) < 4.78 is 6.73. The van der Waals surface area contributed by atoms with E-state index in [1.54, 1.807) is 26.0 Å². The smallest absolute Gasteiger partial charge is 0.237 e. The lowest BCUT2D eigenvalue weighted by Crippen LogP contribution is -2.23. The van der Waals surface area contributed by atoms with Gasteiger partial charge in [0, 0.05) is 5.69 Å². The number of nitrogens with one attached hydrogen (secondary N) is 1. The van der Waals surface area contributed by atoms with Crippen molar-refractivity contribution in [3.63, 3.8) is 0 Å². The average Bonchev–Trinajstić information content (AvgIpc) is 2.81. The fourth-order valence-corrected chi connectivity index (χ4v) is 2.50. The number of anilines is 1. The van der Waals surface area contributed by atoms with E-state index < -0.39 is 0 Å². The summed E-state index contributed by atoms with van der Waals surface area (Å²) in [6.07, 6.45) is 0. The van der Waals surface area contributed by atoms with E-state index >= 15 is 0 Å². The van der Waals surface area contributed by atoms with E-state index in [9.17, 15) is 4.79 Å². The van der Waals surface area contributed by atoms with E-state index in [0.717, 1.165) is 5.75 Å². The lowest BCUT2D eigenvalue weighted by Gasteiger charge is -2.12. The maximum absolute atomic E-state index is 12.2. The third-order valence-corrected chi connectivity index (χ3v) is 3.98. The molecule has 0 fully saturated rings. The van der Waals surface area contributed by atoms with Crippen LogP contribution < -0.4 is 15.9 Å². The fourth-order valence-electron chi connectivity index (χ4n) is 1.69. The Kier molecular flexibility index (Phi) is 5.26. The van der Waals surface area contributed by atoms with E-state index in [2.05, 4.69) is 15.5 Å². The van der Waals surface area contributed by atoms with Gasteiger partial charge in [-0.25, -0.2) is 4.68 Å². The molecule has 1 unspecified atom stereocenters. The highest BCUT2D eigenvalue weighted by Gasteiger charge is 2.18. The third-order valence-electron chi connectivity index (χ3n) is 2.92. The molecule has 3 N–H and O–H groups in total. The minimum absolute atomic E-state index is 0.130. The van der Waals surface area contributed by atoms with Crippen LogP contribution in [-0.2, 0) is 4.79 Å². The number of amides is 1. The minimum atomic E-state index is -0.350. The number of carbonyl (C=O) groups is 1. The maximum atomic E-state index is 12.2. The Morgan fingerprint density at radius 1 is 1.41 bits per heavy atom. The highest BCUT2D eigenvalue weighted by Crippen LogP contribution is 2.22. The zero-order valence-electron chi connectivity index (χ0n) is 12.7. The first-order valence-electron chi connectivity index (χ1n) is 6.88. The SMILES string of the molecule is CCOc1ccc(NC(=O)C(C)Sc2nnc(C)n2N)cc1. The van der Waals surface area contributed by atoms with Crippen molar-refractivity contribution in [3.8, 4) is 5.75 Å². The number of aromatic nitrogens is 3. The molecule has 0 bridgehead atoms. The van der Waals surface area contributed by atoms with E-state index in [1.807, 2.05) is 19.1 Å². The van der Waals surface area contributed by atoms with Gasteiger partial charge in [-0.3, -0.25) is 4.79 Å². The first kappa shape index (κ1) is 16.2. The Hall–Kier alpha value is -2.22. The van der Waals surface area contributed by atoms with Gasteiger partial charge in [-0.15, -0.1) is 10.2 Å². The molecular formula is C14H19N5O2S. The van der Waals surface area contributed by atoms with Gasteiger partial charge in [-0.1, -0.05) is 11.8 Å². The van der Waals surface area contributed by atoms with E-state index in [-0.39, 0.29) is 11.2 Å². The number of nitrogen functional groups attached to an aromatic ring is 1. The zero-order valence-corrected chi connectivity index (χ0v) is 13.6. The lowest BCUT2D eigenvalue weighted by atomic mass is 10.3. The van der Waals surface area contributed by atoms with Crippen LogP contribution in [0, 0.1) is 6.92 Å². The van der Waals surface area contributed by atoms with Crippen LogP contribution in [0.25, 0.3) is 0 Å². The van der Waals surface area contributed by atoms with Gasteiger partial charge in [0.15, 0.2) is 0 Å². The summed E-state index contributed by atoms with van der Waals surface area (Å²) in [7, 11) is 0. The van der Waals surface area contributed by atoms with Gasteiger partial charge in [0.1, 0.15) is 11.6 Å². The highest BCUT2D eigenvalue weighted by atomic mass is 32.2. The second kappa shape index (κ2) is 7.17. The minimum Gasteiger partial charge on any atom is -0.494 e. The summed E-state index contributed by atoms with van der Waals surface area (Å²) in [5.74, 6) is 7.02. The van der Waals surface area contributed by atoms with Crippen LogP contribution in [-0.4, -0.2) is 32.6 Å². The predicted octanol–water partition coefficient (Wildman–Crippen LogP) is 1.82. The first-order chi connectivity index (χ1) is 10.5. The molecular weight excluding hydrogens is 302 g/mol. The van der Waals surface area contributed by atoms with Crippen LogP contribution in [0.5, 0.6) is 5.75 Å². The number of rotatable bonds is 6. The number of hydrogen-bond acceptors (Lipinski definition) is 6. The molecule has 0 aliphatic heterocycles. The molecule has 1 aromatic heterocycles. The molecule has 0 saturated carbocycles. The molecule has 0 saturated heterocycles. The molecule has 118 valence electrons.